The number of halogens is 3. The number of H-pyrrole nitrogens is 1. The molecule has 1 unspecified atom stereocenters. The van der Waals surface area contributed by atoms with Crippen molar-refractivity contribution in [3.05, 3.63) is 57.9 Å². The van der Waals surface area contributed by atoms with Crippen LogP contribution < -0.4 is 0 Å². The number of rotatable bonds is 6. The summed E-state index contributed by atoms with van der Waals surface area (Å²) in [5, 5.41) is 9.34. The Labute approximate surface area is 181 Å². The lowest BCUT2D eigenvalue weighted by atomic mass is 10.2. The molecule has 10 heteroatoms. The van der Waals surface area contributed by atoms with Crippen molar-refractivity contribution >= 4 is 37.6 Å². The summed E-state index contributed by atoms with van der Waals surface area (Å²) >= 11 is 9.26. The normalized spacial score (nSPS) is 13.1. The fourth-order valence-corrected chi connectivity index (χ4v) is 4.73. The van der Waals surface area contributed by atoms with Crippen molar-refractivity contribution in [3.8, 4) is 22.6 Å². The molecule has 3 rings (SSSR count). The first-order valence-electron chi connectivity index (χ1n) is 8.54. The number of benzene rings is 2. The highest BCUT2D eigenvalue weighted by molar-refractivity contribution is 9.10. The predicted octanol–water partition coefficient (Wildman–Crippen LogP) is 4.30. The van der Waals surface area contributed by atoms with Gasteiger partial charge in [-0.3, -0.25) is 0 Å². The van der Waals surface area contributed by atoms with Gasteiger partial charge in [0.15, 0.2) is 0 Å². The monoisotopic (exact) mass is 501 g/mol. The number of nitrogens with zero attached hydrogens (tertiary/aromatic N) is 2. The molecule has 0 aliphatic carbocycles. The van der Waals surface area contributed by atoms with E-state index in [1.807, 2.05) is 0 Å². The summed E-state index contributed by atoms with van der Waals surface area (Å²) in [4.78, 5) is 7.33. The Hall–Kier alpha value is -1.78. The third-order valence-electron chi connectivity index (χ3n) is 4.54. The van der Waals surface area contributed by atoms with E-state index in [9.17, 15) is 17.9 Å². The second-order valence-electron chi connectivity index (χ2n) is 6.46. The highest BCUT2D eigenvalue weighted by Gasteiger charge is 2.28. The zero-order valence-electron chi connectivity index (χ0n) is 15.5. The molecule has 1 atom stereocenters. The van der Waals surface area contributed by atoms with E-state index in [2.05, 4.69) is 25.9 Å². The van der Waals surface area contributed by atoms with Gasteiger partial charge in [-0.05, 0) is 53.2 Å². The number of aromatic amines is 1. The summed E-state index contributed by atoms with van der Waals surface area (Å²) in [5.74, 6) is 0.00210. The van der Waals surface area contributed by atoms with Gasteiger partial charge in [0, 0.05) is 30.4 Å². The average molecular weight is 503 g/mol. The van der Waals surface area contributed by atoms with E-state index in [4.69, 9.17) is 11.6 Å². The van der Waals surface area contributed by atoms with E-state index in [0.29, 0.717) is 27.1 Å². The summed E-state index contributed by atoms with van der Waals surface area (Å²) in [7, 11) is -2.54. The highest BCUT2D eigenvalue weighted by Crippen LogP contribution is 2.31. The van der Waals surface area contributed by atoms with Crippen LogP contribution in [-0.4, -0.2) is 47.5 Å². The third-order valence-corrected chi connectivity index (χ3v) is 7.64. The van der Waals surface area contributed by atoms with Gasteiger partial charge in [0.05, 0.1) is 21.8 Å². The maximum absolute atomic E-state index is 13.8. The molecule has 1 heterocycles. The van der Waals surface area contributed by atoms with E-state index < -0.39 is 21.9 Å². The summed E-state index contributed by atoms with van der Waals surface area (Å²) in [5.41, 5.74) is 1.59. The van der Waals surface area contributed by atoms with Gasteiger partial charge in [-0.2, -0.15) is 4.31 Å². The highest BCUT2D eigenvalue weighted by atomic mass is 79.9. The molecule has 154 valence electrons. The van der Waals surface area contributed by atoms with Gasteiger partial charge in [0.2, 0.25) is 10.0 Å². The molecule has 0 spiro atoms. The van der Waals surface area contributed by atoms with E-state index in [-0.39, 0.29) is 16.5 Å². The standard InChI is InChI=1S/C19H18BrClFN3O3S/c1-11(10-26)25(2)29(27,28)18-8-13(4-6-15(18)21)19-23-9-17(24-19)12-3-5-14(20)16(22)7-12/h3-9,11,26H,10H2,1-2H3,(H,23,24). The molecule has 2 N–H and O–H groups in total. The molecule has 0 aliphatic heterocycles. The summed E-state index contributed by atoms with van der Waals surface area (Å²) in [6, 6.07) is 8.59. The molecular weight excluding hydrogens is 485 g/mol. The van der Waals surface area contributed by atoms with Crippen LogP contribution in [0, 0.1) is 5.82 Å². The van der Waals surface area contributed by atoms with Crippen molar-refractivity contribution in [1.29, 1.82) is 0 Å². The molecule has 0 saturated carbocycles. The van der Waals surface area contributed by atoms with Crippen LogP contribution in [0.2, 0.25) is 5.02 Å². The van der Waals surface area contributed by atoms with Crippen LogP contribution >= 0.6 is 27.5 Å². The van der Waals surface area contributed by atoms with Gasteiger partial charge in [-0.1, -0.05) is 17.7 Å². The lowest BCUT2D eigenvalue weighted by Gasteiger charge is -2.23. The van der Waals surface area contributed by atoms with Crippen LogP contribution in [0.1, 0.15) is 6.92 Å². The number of imidazole rings is 1. The molecule has 29 heavy (non-hydrogen) atoms. The van der Waals surface area contributed by atoms with Gasteiger partial charge in [0.1, 0.15) is 16.5 Å². The molecule has 0 fully saturated rings. The Morgan fingerprint density at radius 3 is 2.62 bits per heavy atom. The van der Waals surface area contributed by atoms with Crippen LogP contribution in [0.5, 0.6) is 0 Å². The molecular formula is C19H18BrClFN3O3S. The first kappa shape index (κ1) is 21.9. The molecule has 0 aliphatic rings. The van der Waals surface area contributed by atoms with Crippen molar-refractivity contribution < 1.29 is 17.9 Å². The van der Waals surface area contributed by atoms with E-state index in [1.54, 1.807) is 31.3 Å². The quantitative estimate of drug-likeness (QED) is 0.526. The van der Waals surface area contributed by atoms with E-state index >= 15 is 0 Å². The van der Waals surface area contributed by atoms with Crippen molar-refractivity contribution in [3.63, 3.8) is 0 Å². The fourth-order valence-electron chi connectivity index (χ4n) is 2.63. The summed E-state index contributed by atoms with van der Waals surface area (Å²) in [6.07, 6.45) is 1.61. The number of aliphatic hydroxyl groups is 1. The zero-order chi connectivity index (χ0) is 21.3. The Balaban J connectivity index is 2.00. The van der Waals surface area contributed by atoms with Crippen LogP contribution in [0.4, 0.5) is 4.39 Å². The molecule has 3 aromatic rings. The molecule has 2 aromatic carbocycles. The molecule has 0 bridgehead atoms. The number of aliphatic hydroxyl groups excluding tert-OH is 1. The lowest BCUT2D eigenvalue weighted by molar-refractivity contribution is 0.214. The minimum Gasteiger partial charge on any atom is -0.395 e. The maximum Gasteiger partial charge on any atom is 0.244 e. The van der Waals surface area contributed by atoms with Crippen molar-refractivity contribution in [2.45, 2.75) is 17.9 Å². The number of likely N-dealkylation sites (N-methyl/N-ethyl adjacent to an activating group) is 1. The minimum absolute atomic E-state index is 0.0625. The smallest absolute Gasteiger partial charge is 0.244 e. The number of hydrogen-bond donors (Lipinski definition) is 2. The largest absolute Gasteiger partial charge is 0.395 e. The Morgan fingerprint density at radius 1 is 1.28 bits per heavy atom. The van der Waals surface area contributed by atoms with E-state index in [1.165, 1.54) is 25.2 Å². The zero-order valence-corrected chi connectivity index (χ0v) is 18.7. The second-order valence-corrected chi connectivity index (χ2v) is 9.69. The first-order valence-corrected chi connectivity index (χ1v) is 11.2. The Kier molecular flexibility index (Phi) is 6.45. The SMILES string of the molecule is CC(CO)N(C)S(=O)(=O)c1cc(-c2nc(-c3ccc(Br)c(F)c3)c[nH]2)ccc1Cl. The van der Waals surface area contributed by atoms with E-state index in [0.717, 1.165) is 4.31 Å². The Morgan fingerprint density at radius 2 is 1.97 bits per heavy atom. The minimum atomic E-state index is -3.92. The van der Waals surface area contributed by atoms with Crippen molar-refractivity contribution in [1.82, 2.24) is 14.3 Å². The molecule has 0 radical (unpaired) electrons. The van der Waals surface area contributed by atoms with Crippen LogP contribution in [0.25, 0.3) is 22.6 Å². The molecule has 0 amide bonds. The lowest BCUT2D eigenvalue weighted by Crippen LogP contribution is -2.37. The van der Waals surface area contributed by atoms with Gasteiger partial charge in [0.25, 0.3) is 0 Å². The van der Waals surface area contributed by atoms with Crippen LogP contribution in [0.15, 0.2) is 52.0 Å². The molecule has 0 saturated heterocycles. The van der Waals surface area contributed by atoms with Crippen molar-refractivity contribution in [2.75, 3.05) is 13.7 Å². The topological polar surface area (TPSA) is 86.3 Å². The van der Waals surface area contributed by atoms with Crippen molar-refractivity contribution in [2.24, 2.45) is 0 Å². The second kappa shape index (κ2) is 8.53. The number of sulfonamides is 1. The van der Waals surface area contributed by atoms with Gasteiger partial charge >= 0.3 is 0 Å². The fraction of sp³-hybridized carbons (Fsp3) is 0.211. The summed E-state index contributed by atoms with van der Waals surface area (Å²) < 4.78 is 41.0. The first-order chi connectivity index (χ1) is 13.6. The number of aromatic nitrogens is 2. The van der Waals surface area contributed by atoms with Gasteiger partial charge < -0.3 is 10.1 Å². The van der Waals surface area contributed by atoms with Crippen LogP contribution in [0.3, 0.4) is 0 Å². The maximum atomic E-state index is 13.8. The van der Waals surface area contributed by atoms with Gasteiger partial charge in [-0.25, -0.2) is 17.8 Å². The molecule has 6 nitrogen and oxygen atoms in total. The third kappa shape index (κ3) is 4.39. The van der Waals surface area contributed by atoms with Gasteiger partial charge in [-0.15, -0.1) is 0 Å². The van der Waals surface area contributed by atoms with Crippen LogP contribution in [-0.2, 0) is 10.0 Å². The summed E-state index contributed by atoms with van der Waals surface area (Å²) in [6.45, 7) is 1.27. The number of nitrogens with one attached hydrogen (secondary N) is 1. The predicted molar refractivity (Wildman–Crippen MR) is 114 cm³/mol. The molecule has 1 aromatic heterocycles. The average Bonchev–Trinajstić information content (AvgIpc) is 3.19. The Bertz CT molecular complexity index is 1150. The number of hydrogen-bond acceptors (Lipinski definition) is 4.